The molecule has 112 valence electrons. The summed E-state index contributed by atoms with van der Waals surface area (Å²) in [6, 6.07) is 14.0. The first-order valence-electron chi connectivity index (χ1n) is 7.22. The molecule has 0 saturated heterocycles. The average Bonchev–Trinajstić information content (AvgIpc) is 2.88. The molecular weight excluding hydrogens is 292 g/mol. The van der Waals surface area contributed by atoms with Crippen molar-refractivity contribution in [3.05, 3.63) is 64.2 Å². The maximum atomic E-state index is 12.6. The molecule has 0 aliphatic carbocycles. The standard InChI is InChI=1S/C18H18N2OS/c1-12-8-9-14(13(2)10-12)18(21)20(3)11-17-19-15-6-4-5-7-16(15)22-17/h4-10H,11H2,1-3H3. The van der Waals surface area contributed by atoms with Crippen LogP contribution in [0.25, 0.3) is 10.2 Å². The molecule has 1 amide bonds. The Morgan fingerprint density at radius 3 is 2.68 bits per heavy atom. The zero-order valence-electron chi connectivity index (χ0n) is 13.0. The topological polar surface area (TPSA) is 33.2 Å². The molecule has 0 radical (unpaired) electrons. The van der Waals surface area contributed by atoms with Gasteiger partial charge in [0.1, 0.15) is 5.01 Å². The van der Waals surface area contributed by atoms with Crippen LogP contribution >= 0.6 is 11.3 Å². The molecule has 3 nitrogen and oxygen atoms in total. The number of carbonyl (C=O) groups excluding carboxylic acids is 1. The maximum Gasteiger partial charge on any atom is 0.254 e. The van der Waals surface area contributed by atoms with Crippen molar-refractivity contribution in [3.63, 3.8) is 0 Å². The Morgan fingerprint density at radius 1 is 1.18 bits per heavy atom. The van der Waals surface area contributed by atoms with E-state index in [0.29, 0.717) is 6.54 Å². The second-order valence-corrected chi connectivity index (χ2v) is 6.67. The molecule has 0 aliphatic rings. The summed E-state index contributed by atoms with van der Waals surface area (Å²) in [5.41, 5.74) is 3.94. The Bertz CT molecular complexity index is 805. The number of rotatable bonds is 3. The van der Waals surface area contributed by atoms with Crippen LogP contribution in [-0.4, -0.2) is 22.8 Å². The normalized spacial score (nSPS) is 10.9. The van der Waals surface area contributed by atoms with Crippen LogP contribution < -0.4 is 0 Å². The van der Waals surface area contributed by atoms with Crippen molar-refractivity contribution >= 4 is 27.5 Å². The van der Waals surface area contributed by atoms with Crippen LogP contribution in [0.1, 0.15) is 26.5 Å². The van der Waals surface area contributed by atoms with E-state index in [1.54, 1.807) is 16.2 Å². The van der Waals surface area contributed by atoms with Gasteiger partial charge in [0.15, 0.2) is 0 Å². The summed E-state index contributed by atoms with van der Waals surface area (Å²) in [6.45, 7) is 4.54. The minimum absolute atomic E-state index is 0.0387. The fourth-order valence-electron chi connectivity index (χ4n) is 2.52. The lowest BCUT2D eigenvalue weighted by Crippen LogP contribution is -2.26. The zero-order valence-corrected chi connectivity index (χ0v) is 13.8. The number of hydrogen-bond acceptors (Lipinski definition) is 3. The molecule has 22 heavy (non-hydrogen) atoms. The van der Waals surface area contributed by atoms with E-state index >= 15 is 0 Å². The minimum Gasteiger partial charge on any atom is -0.335 e. The van der Waals surface area contributed by atoms with Crippen LogP contribution in [0.5, 0.6) is 0 Å². The van der Waals surface area contributed by atoms with Crippen molar-refractivity contribution < 1.29 is 4.79 Å². The number of aromatic nitrogens is 1. The Morgan fingerprint density at radius 2 is 1.95 bits per heavy atom. The molecule has 2 aromatic carbocycles. The quantitative estimate of drug-likeness (QED) is 0.727. The van der Waals surface area contributed by atoms with E-state index in [9.17, 15) is 4.79 Å². The van der Waals surface area contributed by atoms with E-state index in [4.69, 9.17) is 0 Å². The van der Waals surface area contributed by atoms with Crippen molar-refractivity contribution in [3.8, 4) is 0 Å². The van der Waals surface area contributed by atoms with E-state index in [-0.39, 0.29) is 5.91 Å². The van der Waals surface area contributed by atoms with Crippen LogP contribution in [0, 0.1) is 13.8 Å². The number of fused-ring (bicyclic) bond motifs is 1. The third-order valence-corrected chi connectivity index (χ3v) is 4.69. The van der Waals surface area contributed by atoms with E-state index in [1.807, 2.05) is 57.3 Å². The van der Waals surface area contributed by atoms with E-state index in [0.717, 1.165) is 26.4 Å². The van der Waals surface area contributed by atoms with Gasteiger partial charge in [0.2, 0.25) is 0 Å². The summed E-state index contributed by atoms with van der Waals surface area (Å²) in [5.74, 6) is 0.0387. The number of amides is 1. The number of para-hydroxylation sites is 1. The van der Waals surface area contributed by atoms with Gasteiger partial charge in [-0.25, -0.2) is 4.98 Å². The number of aryl methyl sites for hydroxylation is 2. The van der Waals surface area contributed by atoms with Crippen molar-refractivity contribution in [1.82, 2.24) is 9.88 Å². The fraction of sp³-hybridized carbons (Fsp3) is 0.222. The van der Waals surface area contributed by atoms with Crippen molar-refractivity contribution in [2.75, 3.05) is 7.05 Å². The molecule has 4 heteroatoms. The lowest BCUT2D eigenvalue weighted by atomic mass is 10.0. The highest BCUT2D eigenvalue weighted by atomic mass is 32.1. The highest BCUT2D eigenvalue weighted by molar-refractivity contribution is 7.18. The van der Waals surface area contributed by atoms with Gasteiger partial charge in [-0.1, -0.05) is 29.8 Å². The van der Waals surface area contributed by atoms with Gasteiger partial charge in [0.25, 0.3) is 5.91 Å². The maximum absolute atomic E-state index is 12.6. The predicted octanol–water partition coefficient (Wildman–Crippen LogP) is 4.19. The van der Waals surface area contributed by atoms with Crippen molar-refractivity contribution in [1.29, 1.82) is 0 Å². The summed E-state index contributed by atoms with van der Waals surface area (Å²) in [5, 5.41) is 0.960. The lowest BCUT2D eigenvalue weighted by Gasteiger charge is -2.17. The van der Waals surface area contributed by atoms with Gasteiger partial charge in [-0.15, -0.1) is 11.3 Å². The Hall–Kier alpha value is -2.20. The highest BCUT2D eigenvalue weighted by Gasteiger charge is 2.16. The molecule has 1 heterocycles. The van der Waals surface area contributed by atoms with Crippen LogP contribution in [0.3, 0.4) is 0 Å². The molecule has 1 aromatic heterocycles. The molecule has 3 aromatic rings. The molecule has 0 spiro atoms. The molecule has 0 fully saturated rings. The molecule has 0 bridgehead atoms. The van der Waals surface area contributed by atoms with Gasteiger partial charge in [-0.05, 0) is 37.6 Å². The number of carbonyl (C=O) groups is 1. The van der Waals surface area contributed by atoms with Gasteiger partial charge in [-0.2, -0.15) is 0 Å². The second-order valence-electron chi connectivity index (χ2n) is 5.55. The van der Waals surface area contributed by atoms with E-state index < -0.39 is 0 Å². The van der Waals surface area contributed by atoms with Crippen molar-refractivity contribution in [2.45, 2.75) is 20.4 Å². The Labute approximate surface area is 134 Å². The number of hydrogen-bond donors (Lipinski definition) is 0. The third kappa shape index (κ3) is 2.88. The summed E-state index contributed by atoms with van der Waals surface area (Å²) >= 11 is 1.64. The Kier molecular flexibility index (Phi) is 3.94. The number of nitrogens with zero attached hydrogens (tertiary/aromatic N) is 2. The van der Waals surface area contributed by atoms with Crippen molar-refractivity contribution in [2.24, 2.45) is 0 Å². The molecule has 0 aliphatic heterocycles. The van der Waals surface area contributed by atoms with E-state index in [2.05, 4.69) is 11.1 Å². The molecular formula is C18H18N2OS. The fourth-order valence-corrected chi connectivity index (χ4v) is 3.54. The number of thiazole rings is 1. The third-order valence-electron chi connectivity index (χ3n) is 3.67. The lowest BCUT2D eigenvalue weighted by molar-refractivity contribution is 0.0784. The van der Waals surface area contributed by atoms with E-state index in [1.165, 1.54) is 5.56 Å². The summed E-state index contributed by atoms with van der Waals surface area (Å²) in [6.07, 6.45) is 0. The monoisotopic (exact) mass is 310 g/mol. The molecule has 0 unspecified atom stereocenters. The summed E-state index contributed by atoms with van der Waals surface area (Å²) in [7, 11) is 1.83. The van der Waals surface area contributed by atoms with Crippen LogP contribution in [0.2, 0.25) is 0 Å². The smallest absolute Gasteiger partial charge is 0.254 e. The van der Waals surface area contributed by atoms with Crippen LogP contribution in [0.15, 0.2) is 42.5 Å². The highest BCUT2D eigenvalue weighted by Crippen LogP contribution is 2.23. The number of benzene rings is 2. The molecule has 0 saturated carbocycles. The van der Waals surface area contributed by atoms with Gasteiger partial charge >= 0.3 is 0 Å². The van der Waals surface area contributed by atoms with Gasteiger partial charge < -0.3 is 4.90 Å². The first kappa shape index (κ1) is 14.7. The van der Waals surface area contributed by atoms with Gasteiger partial charge in [0.05, 0.1) is 16.8 Å². The Balaban J connectivity index is 1.81. The zero-order chi connectivity index (χ0) is 15.7. The van der Waals surface area contributed by atoms with Crippen LogP contribution in [0.4, 0.5) is 0 Å². The largest absolute Gasteiger partial charge is 0.335 e. The SMILES string of the molecule is Cc1ccc(C(=O)N(C)Cc2nc3ccccc3s2)c(C)c1. The summed E-state index contributed by atoms with van der Waals surface area (Å²) in [4.78, 5) is 18.9. The molecule has 3 rings (SSSR count). The predicted molar refractivity (Wildman–Crippen MR) is 91.3 cm³/mol. The second kappa shape index (κ2) is 5.89. The first-order valence-corrected chi connectivity index (χ1v) is 8.03. The van der Waals surface area contributed by atoms with Gasteiger partial charge in [0, 0.05) is 12.6 Å². The first-order chi connectivity index (χ1) is 10.5. The average molecular weight is 310 g/mol. The summed E-state index contributed by atoms with van der Waals surface area (Å²) < 4.78 is 1.16. The van der Waals surface area contributed by atoms with Gasteiger partial charge in [-0.3, -0.25) is 4.79 Å². The minimum atomic E-state index is 0.0387. The molecule has 0 N–H and O–H groups in total. The molecule has 0 atom stereocenters. The van der Waals surface area contributed by atoms with Crippen LogP contribution in [-0.2, 0) is 6.54 Å².